The minimum atomic E-state index is -1.04. The summed E-state index contributed by atoms with van der Waals surface area (Å²) in [5, 5.41) is 10.0. The summed E-state index contributed by atoms with van der Waals surface area (Å²) in [6, 6.07) is 6.11. The number of carboxylic acid groups (broad SMARTS) is 1. The Morgan fingerprint density at radius 1 is 1.48 bits per heavy atom. The molecule has 1 heterocycles. The zero-order valence-corrected chi connectivity index (χ0v) is 15.4. The van der Waals surface area contributed by atoms with Gasteiger partial charge in [0.1, 0.15) is 10.4 Å². The van der Waals surface area contributed by atoms with Gasteiger partial charge in [-0.2, -0.15) is 11.8 Å². The lowest BCUT2D eigenvalue weighted by Crippen LogP contribution is -2.44. The molecule has 0 bridgehead atoms. The number of carbonyl (C=O) groups is 2. The lowest BCUT2D eigenvalue weighted by atomic mass is 10.2. The molecule has 1 N–H and O–H groups in total. The molecule has 0 spiro atoms. The van der Waals surface area contributed by atoms with Crippen LogP contribution in [-0.4, -0.2) is 44.3 Å². The molecule has 23 heavy (non-hydrogen) atoms. The number of halogens is 1. The van der Waals surface area contributed by atoms with E-state index in [1.165, 1.54) is 16.7 Å². The number of aliphatic carboxylic acids is 1. The fourth-order valence-electron chi connectivity index (χ4n) is 2.05. The van der Waals surface area contributed by atoms with E-state index in [0.29, 0.717) is 22.1 Å². The standard InChI is InChI=1S/C15H14ClNO3S3/c1-22-7-6-11(14(19)20)17-13(18)12(23-15(17)21)8-9-2-4-10(16)5-3-9/h2-5,8,11H,6-7H2,1H3,(H,19,20)/b12-8+/t11-/m1/s1. The summed E-state index contributed by atoms with van der Waals surface area (Å²) >= 11 is 13.7. The monoisotopic (exact) mass is 387 g/mol. The Morgan fingerprint density at radius 2 is 2.13 bits per heavy atom. The third-order valence-electron chi connectivity index (χ3n) is 3.18. The van der Waals surface area contributed by atoms with Crippen molar-refractivity contribution >= 4 is 69.6 Å². The van der Waals surface area contributed by atoms with Crippen LogP contribution in [0.1, 0.15) is 12.0 Å². The van der Waals surface area contributed by atoms with Crippen LogP contribution in [0.2, 0.25) is 5.02 Å². The Hall–Kier alpha value is -1.02. The van der Waals surface area contributed by atoms with E-state index in [0.717, 1.165) is 17.3 Å². The van der Waals surface area contributed by atoms with Gasteiger partial charge >= 0.3 is 5.97 Å². The van der Waals surface area contributed by atoms with Crippen molar-refractivity contribution < 1.29 is 14.7 Å². The van der Waals surface area contributed by atoms with E-state index < -0.39 is 12.0 Å². The molecule has 0 aromatic heterocycles. The van der Waals surface area contributed by atoms with Crippen molar-refractivity contribution in [1.29, 1.82) is 0 Å². The normalized spacial score (nSPS) is 17.8. The predicted molar refractivity (Wildman–Crippen MR) is 101 cm³/mol. The highest BCUT2D eigenvalue weighted by molar-refractivity contribution is 8.26. The third kappa shape index (κ3) is 4.50. The van der Waals surface area contributed by atoms with Gasteiger partial charge in [-0.15, -0.1) is 0 Å². The number of nitrogens with zero attached hydrogens (tertiary/aromatic N) is 1. The lowest BCUT2D eigenvalue weighted by Gasteiger charge is -2.22. The Labute approximate surface area is 153 Å². The van der Waals surface area contributed by atoms with E-state index in [9.17, 15) is 14.7 Å². The van der Waals surface area contributed by atoms with Crippen molar-refractivity contribution in [3.05, 3.63) is 39.8 Å². The number of thioether (sulfide) groups is 2. The van der Waals surface area contributed by atoms with Gasteiger partial charge in [0, 0.05) is 5.02 Å². The van der Waals surface area contributed by atoms with Crippen LogP contribution < -0.4 is 0 Å². The number of benzene rings is 1. The predicted octanol–water partition coefficient (Wildman–Crippen LogP) is 3.75. The first-order chi connectivity index (χ1) is 10.9. The average molecular weight is 388 g/mol. The molecule has 0 saturated carbocycles. The van der Waals surface area contributed by atoms with Crippen molar-refractivity contribution in [2.75, 3.05) is 12.0 Å². The van der Waals surface area contributed by atoms with Crippen molar-refractivity contribution in [1.82, 2.24) is 4.90 Å². The maximum Gasteiger partial charge on any atom is 0.326 e. The first kappa shape index (κ1) is 18.3. The SMILES string of the molecule is CSCC[C@H](C(=O)O)N1C(=O)/C(=C\c2ccc(Cl)cc2)SC1=S. The number of hydrogen-bond acceptors (Lipinski definition) is 5. The molecule has 1 aliphatic heterocycles. The molecule has 1 aromatic carbocycles. The summed E-state index contributed by atoms with van der Waals surface area (Å²) in [6.45, 7) is 0. The summed E-state index contributed by atoms with van der Waals surface area (Å²) in [4.78, 5) is 25.7. The van der Waals surface area contributed by atoms with Gasteiger partial charge in [0.2, 0.25) is 0 Å². The van der Waals surface area contributed by atoms with Crippen LogP contribution in [0.25, 0.3) is 6.08 Å². The van der Waals surface area contributed by atoms with Crippen LogP contribution in [0.5, 0.6) is 0 Å². The van der Waals surface area contributed by atoms with E-state index in [-0.39, 0.29) is 10.2 Å². The molecule has 2 rings (SSSR count). The number of amides is 1. The highest BCUT2D eigenvalue weighted by atomic mass is 35.5. The summed E-state index contributed by atoms with van der Waals surface area (Å²) in [7, 11) is 0. The molecule has 4 nitrogen and oxygen atoms in total. The van der Waals surface area contributed by atoms with Crippen molar-refractivity contribution in [2.24, 2.45) is 0 Å². The van der Waals surface area contributed by atoms with Gasteiger partial charge in [-0.3, -0.25) is 9.69 Å². The van der Waals surface area contributed by atoms with Crippen molar-refractivity contribution in [3.63, 3.8) is 0 Å². The number of thiocarbonyl (C=S) groups is 1. The molecule has 1 amide bonds. The molecular weight excluding hydrogens is 374 g/mol. The van der Waals surface area contributed by atoms with Gasteiger partial charge < -0.3 is 5.11 Å². The fraction of sp³-hybridized carbons (Fsp3) is 0.267. The van der Waals surface area contributed by atoms with Crippen molar-refractivity contribution in [3.8, 4) is 0 Å². The van der Waals surface area contributed by atoms with Crippen LogP contribution in [0.4, 0.5) is 0 Å². The quantitative estimate of drug-likeness (QED) is 0.592. The molecule has 1 aromatic rings. The average Bonchev–Trinajstić information content (AvgIpc) is 2.77. The lowest BCUT2D eigenvalue weighted by molar-refractivity contribution is -0.145. The van der Waals surface area contributed by atoms with E-state index in [2.05, 4.69) is 0 Å². The summed E-state index contributed by atoms with van der Waals surface area (Å²) < 4.78 is 0.281. The second-order valence-electron chi connectivity index (χ2n) is 4.74. The summed E-state index contributed by atoms with van der Waals surface area (Å²) in [6.07, 6.45) is 3.95. The van der Waals surface area contributed by atoms with Gasteiger partial charge in [0.25, 0.3) is 5.91 Å². The molecule has 122 valence electrons. The maximum absolute atomic E-state index is 12.5. The highest BCUT2D eigenvalue weighted by Gasteiger charge is 2.40. The maximum atomic E-state index is 12.5. The molecular formula is C15H14ClNO3S3. The number of carboxylic acids is 1. The minimum Gasteiger partial charge on any atom is -0.480 e. The van der Waals surface area contributed by atoms with E-state index in [1.54, 1.807) is 30.3 Å². The second-order valence-corrected chi connectivity index (χ2v) is 7.84. The van der Waals surface area contributed by atoms with Crippen LogP contribution in [-0.2, 0) is 9.59 Å². The van der Waals surface area contributed by atoms with Gasteiger partial charge in [0.15, 0.2) is 0 Å². The Balaban J connectivity index is 2.24. The van der Waals surface area contributed by atoms with Gasteiger partial charge in [-0.25, -0.2) is 4.79 Å². The first-order valence-electron chi connectivity index (χ1n) is 6.68. The van der Waals surface area contributed by atoms with Crippen LogP contribution in [0.3, 0.4) is 0 Å². The Bertz CT molecular complexity index is 660. The Morgan fingerprint density at radius 3 is 2.70 bits per heavy atom. The van der Waals surface area contributed by atoms with Crippen LogP contribution in [0, 0.1) is 0 Å². The fourth-order valence-corrected chi connectivity index (χ4v) is 3.99. The zero-order valence-electron chi connectivity index (χ0n) is 12.2. The number of carbonyl (C=O) groups excluding carboxylic acids is 1. The van der Waals surface area contributed by atoms with Crippen LogP contribution >= 0.6 is 47.3 Å². The summed E-state index contributed by atoms with van der Waals surface area (Å²) in [5.41, 5.74) is 0.811. The molecule has 0 aliphatic carbocycles. The number of rotatable bonds is 6. The molecule has 1 atom stereocenters. The minimum absolute atomic E-state index is 0.281. The number of hydrogen-bond donors (Lipinski definition) is 1. The smallest absolute Gasteiger partial charge is 0.326 e. The second kappa shape index (κ2) is 8.19. The molecule has 0 unspecified atom stereocenters. The van der Waals surface area contributed by atoms with Crippen LogP contribution in [0.15, 0.2) is 29.2 Å². The van der Waals surface area contributed by atoms with E-state index in [4.69, 9.17) is 23.8 Å². The molecule has 0 radical (unpaired) electrons. The van der Waals surface area contributed by atoms with Gasteiger partial charge in [-0.1, -0.05) is 47.7 Å². The summed E-state index contributed by atoms with van der Waals surface area (Å²) in [5.74, 6) is -0.754. The molecule has 1 aliphatic rings. The largest absolute Gasteiger partial charge is 0.480 e. The van der Waals surface area contributed by atoms with E-state index >= 15 is 0 Å². The van der Waals surface area contributed by atoms with E-state index in [1.807, 2.05) is 6.26 Å². The third-order valence-corrected chi connectivity index (χ3v) is 5.41. The molecule has 1 saturated heterocycles. The highest BCUT2D eigenvalue weighted by Crippen LogP contribution is 2.35. The van der Waals surface area contributed by atoms with Crippen molar-refractivity contribution in [2.45, 2.75) is 12.5 Å². The molecule has 8 heteroatoms. The topological polar surface area (TPSA) is 57.6 Å². The molecule has 1 fully saturated rings. The zero-order chi connectivity index (χ0) is 17.0. The van der Waals surface area contributed by atoms with Gasteiger partial charge in [-0.05, 0) is 42.2 Å². The van der Waals surface area contributed by atoms with Gasteiger partial charge in [0.05, 0.1) is 4.91 Å². The Kier molecular flexibility index (Phi) is 6.52. The first-order valence-corrected chi connectivity index (χ1v) is 9.68.